The molecule has 2 aromatic heterocycles. The molecule has 0 atom stereocenters. The van der Waals surface area contributed by atoms with Crippen molar-refractivity contribution in [3.8, 4) is 0 Å². The van der Waals surface area contributed by atoms with E-state index >= 15 is 0 Å². The molecule has 5 nitrogen and oxygen atoms in total. The van der Waals surface area contributed by atoms with Crippen molar-refractivity contribution >= 4 is 17.2 Å². The molecule has 3 aromatic rings. The Kier molecular flexibility index (Phi) is 5.37. The Balaban J connectivity index is 1.62. The van der Waals surface area contributed by atoms with Gasteiger partial charge in [0.25, 0.3) is 5.91 Å². The molecule has 150 valence electrons. The average molecular weight is 408 g/mol. The zero-order valence-electron chi connectivity index (χ0n) is 16.8. The molecule has 1 N–H and O–H groups in total. The lowest BCUT2D eigenvalue weighted by molar-refractivity contribution is 0.0682. The Morgan fingerprint density at radius 1 is 1.17 bits per heavy atom. The number of carbonyl (C=O) groups excluding carboxylic acids is 1. The maximum atomic E-state index is 13.2. The predicted octanol–water partition coefficient (Wildman–Crippen LogP) is 3.92. The lowest BCUT2D eigenvalue weighted by atomic mass is 9.70. The van der Waals surface area contributed by atoms with E-state index in [2.05, 4.69) is 34.6 Å². The number of likely N-dealkylation sites (tertiary alicyclic amines) is 1. The third-order valence-corrected chi connectivity index (χ3v) is 6.70. The van der Waals surface area contributed by atoms with Gasteiger partial charge in [0.2, 0.25) is 5.56 Å². The van der Waals surface area contributed by atoms with Gasteiger partial charge >= 0.3 is 0 Å². The molecule has 1 aliphatic rings. The second kappa shape index (κ2) is 7.95. The first-order valence-corrected chi connectivity index (χ1v) is 10.9. The molecule has 0 unspecified atom stereocenters. The van der Waals surface area contributed by atoms with E-state index in [0.717, 1.165) is 23.5 Å². The van der Waals surface area contributed by atoms with Crippen LogP contribution in [0.4, 0.5) is 0 Å². The number of hydrogen-bond acceptors (Lipinski definition) is 4. The molecule has 4 rings (SSSR count). The Morgan fingerprint density at radius 2 is 1.90 bits per heavy atom. The van der Waals surface area contributed by atoms with Crippen molar-refractivity contribution < 1.29 is 4.79 Å². The number of aryl methyl sites for hydroxylation is 2. The number of carbonyl (C=O) groups is 1. The average Bonchev–Trinajstić information content (AvgIpc) is 3.20. The number of hydrogen-bond donors (Lipinski definition) is 1. The van der Waals surface area contributed by atoms with Crippen LogP contribution in [0.25, 0.3) is 0 Å². The molecule has 0 radical (unpaired) electrons. The van der Waals surface area contributed by atoms with Gasteiger partial charge in [0.1, 0.15) is 0 Å². The fourth-order valence-corrected chi connectivity index (χ4v) is 5.00. The van der Waals surface area contributed by atoms with Gasteiger partial charge in [-0.2, -0.15) is 0 Å². The number of rotatable bonds is 4. The van der Waals surface area contributed by atoms with Gasteiger partial charge in [-0.15, -0.1) is 11.3 Å². The van der Waals surface area contributed by atoms with Crippen LogP contribution in [0, 0.1) is 6.92 Å². The van der Waals surface area contributed by atoms with Gasteiger partial charge in [0.05, 0.1) is 16.3 Å². The van der Waals surface area contributed by atoms with Crippen LogP contribution in [0.5, 0.6) is 0 Å². The summed E-state index contributed by atoms with van der Waals surface area (Å²) in [5.41, 5.74) is 3.34. The van der Waals surface area contributed by atoms with E-state index < -0.39 is 0 Å². The maximum absolute atomic E-state index is 13.2. The third-order valence-electron chi connectivity index (χ3n) is 5.92. The number of nitrogens with zero attached hydrogens (tertiary/aromatic N) is 2. The van der Waals surface area contributed by atoms with Gasteiger partial charge in [-0.25, -0.2) is 4.98 Å². The summed E-state index contributed by atoms with van der Waals surface area (Å²) in [7, 11) is 0. The lowest BCUT2D eigenvalue weighted by Gasteiger charge is -2.41. The fraction of sp³-hybridized carbons (Fsp3) is 0.348. The largest absolute Gasteiger partial charge is 0.339 e. The number of H-pyrrole nitrogens is 1. The van der Waals surface area contributed by atoms with Gasteiger partial charge in [-0.1, -0.05) is 37.3 Å². The maximum Gasteiger partial charge on any atom is 0.255 e. The zero-order valence-corrected chi connectivity index (χ0v) is 17.6. The Bertz CT molecular complexity index is 1060. The molecule has 1 aliphatic heterocycles. The molecule has 1 amide bonds. The van der Waals surface area contributed by atoms with Crippen molar-refractivity contribution in [2.75, 3.05) is 13.1 Å². The predicted molar refractivity (Wildman–Crippen MR) is 116 cm³/mol. The van der Waals surface area contributed by atoms with Crippen LogP contribution in [0.2, 0.25) is 0 Å². The van der Waals surface area contributed by atoms with E-state index in [-0.39, 0.29) is 16.9 Å². The molecule has 29 heavy (non-hydrogen) atoms. The standard InChI is InChI=1S/C23H25N3O2S/c1-3-19-18(9-10-21(27)25-19)22(28)26-13-11-23(12-14-26,17-7-5-4-6-8-17)20-15-29-16(2)24-20/h4-10,15H,3,11-14H2,1-2H3,(H,25,27). The Morgan fingerprint density at radius 3 is 2.52 bits per heavy atom. The number of aromatic nitrogens is 2. The van der Waals surface area contributed by atoms with Crippen molar-refractivity contribution in [3.63, 3.8) is 0 Å². The number of amides is 1. The molecular formula is C23H25N3O2S. The van der Waals surface area contributed by atoms with Gasteiger partial charge in [-0.05, 0) is 37.8 Å². The summed E-state index contributed by atoms with van der Waals surface area (Å²) in [5, 5.41) is 3.23. The number of benzene rings is 1. The quantitative estimate of drug-likeness (QED) is 0.713. The molecule has 1 fully saturated rings. The van der Waals surface area contributed by atoms with Gasteiger partial charge in [0.15, 0.2) is 0 Å². The molecular weight excluding hydrogens is 382 g/mol. The zero-order chi connectivity index (χ0) is 20.4. The summed E-state index contributed by atoms with van der Waals surface area (Å²) in [6.07, 6.45) is 2.28. The third kappa shape index (κ3) is 3.65. The fourth-order valence-electron chi connectivity index (χ4n) is 4.29. The number of pyridine rings is 1. The minimum absolute atomic E-state index is 0.00535. The van der Waals surface area contributed by atoms with Gasteiger partial charge in [0, 0.05) is 35.6 Å². The number of aromatic amines is 1. The molecule has 0 bridgehead atoms. The Labute approximate surface area is 174 Å². The van der Waals surface area contributed by atoms with Crippen LogP contribution < -0.4 is 5.56 Å². The van der Waals surface area contributed by atoms with E-state index in [1.54, 1.807) is 17.4 Å². The van der Waals surface area contributed by atoms with Gasteiger partial charge < -0.3 is 9.88 Å². The molecule has 0 saturated carbocycles. The first kappa shape index (κ1) is 19.6. The van der Waals surface area contributed by atoms with Crippen LogP contribution >= 0.6 is 11.3 Å². The summed E-state index contributed by atoms with van der Waals surface area (Å²) in [5.74, 6) is -0.00535. The second-order valence-electron chi connectivity index (χ2n) is 7.56. The van der Waals surface area contributed by atoms with Crippen LogP contribution in [0.1, 0.15) is 52.1 Å². The van der Waals surface area contributed by atoms with E-state index in [1.807, 2.05) is 24.8 Å². The molecule has 1 aromatic carbocycles. The smallest absolute Gasteiger partial charge is 0.255 e. The molecule has 3 heterocycles. The summed E-state index contributed by atoms with van der Waals surface area (Å²) in [6.45, 7) is 5.30. The van der Waals surface area contributed by atoms with E-state index in [0.29, 0.717) is 30.8 Å². The highest BCUT2D eigenvalue weighted by Gasteiger charge is 2.40. The highest BCUT2D eigenvalue weighted by Crippen LogP contribution is 2.42. The van der Waals surface area contributed by atoms with Crippen molar-refractivity contribution in [1.82, 2.24) is 14.9 Å². The molecule has 0 spiro atoms. The summed E-state index contributed by atoms with van der Waals surface area (Å²) < 4.78 is 0. The first-order chi connectivity index (χ1) is 14.0. The van der Waals surface area contributed by atoms with Crippen molar-refractivity contribution in [2.45, 2.75) is 38.5 Å². The summed E-state index contributed by atoms with van der Waals surface area (Å²) in [6, 6.07) is 13.6. The summed E-state index contributed by atoms with van der Waals surface area (Å²) in [4.78, 5) is 34.3. The monoisotopic (exact) mass is 407 g/mol. The minimum Gasteiger partial charge on any atom is -0.339 e. The van der Waals surface area contributed by atoms with Crippen molar-refractivity contribution in [3.05, 3.63) is 85.7 Å². The van der Waals surface area contributed by atoms with Gasteiger partial charge in [-0.3, -0.25) is 9.59 Å². The minimum atomic E-state index is -0.168. The topological polar surface area (TPSA) is 66.1 Å². The molecule has 1 saturated heterocycles. The second-order valence-corrected chi connectivity index (χ2v) is 8.62. The van der Waals surface area contributed by atoms with Crippen LogP contribution in [0.3, 0.4) is 0 Å². The van der Waals surface area contributed by atoms with Crippen molar-refractivity contribution in [2.24, 2.45) is 0 Å². The summed E-state index contributed by atoms with van der Waals surface area (Å²) >= 11 is 1.68. The normalized spacial score (nSPS) is 16.0. The van der Waals surface area contributed by atoms with E-state index in [9.17, 15) is 9.59 Å². The van der Waals surface area contributed by atoms with Crippen molar-refractivity contribution in [1.29, 1.82) is 0 Å². The van der Waals surface area contributed by atoms with Crippen LogP contribution in [-0.4, -0.2) is 33.9 Å². The molecule has 0 aliphatic carbocycles. The van der Waals surface area contributed by atoms with E-state index in [4.69, 9.17) is 4.98 Å². The van der Waals surface area contributed by atoms with Crippen LogP contribution in [0.15, 0.2) is 52.6 Å². The molecule has 6 heteroatoms. The highest BCUT2D eigenvalue weighted by molar-refractivity contribution is 7.09. The van der Waals surface area contributed by atoms with E-state index in [1.165, 1.54) is 11.6 Å². The Hall–Kier alpha value is -2.73. The van der Waals surface area contributed by atoms with Crippen LogP contribution in [-0.2, 0) is 11.8 Å². The number of piperidine rings is 1. The first-order valence-electron chi connectivity index (χ1n) is 10.0. The lowest BCUT2D eigenvalue weighted by Crippen LogP contribution is -2.46. The highest BCUT2D eigenvalue weighted by atomic mass is 32.1. The number of thiazole rings is 1. The SMILES string of the molecule is CCc1[nH]c(=O)ccc1C(=O)N1CCC(c2ccccc2)(c2csc(C)n2)CC1. The number of nitrogens with one attached hydrogen (secondary N) is 1.